The van der Waals surface area contributed by atoms with E-state index in [1.165, 1.54) is 5.56 Å². The molecule has 0 atom stereocenters. The molecule has 0 unspecified atom stereocenters. The van der Waals surface area contributed by atoms with E-state index >= 15 is 0 Å². The number of aromatic amines is 1. The largest absolute Gasteiger partial charge is 0.337 e. The highest BCUT2D eigenvalue weighted by molar-refractivity contribution is 9.10. The van der Waals surface area contributed by atoms with Crippen molar-refractivity contribution in [2.24, 2.45) is 0 Å². The molecule has 6 heteroatoms. The molecule has 2 aromatic heterocycles. The second-order valence-electron chi connectivity index (χ2n) is 4.43. The van der Waals surface area contributed by atoms with Crippen molar-refractivity contribution in [1.82, 2.24) is 15.2 Å². The number of anilines is 2. The van der Waals surface area contributed by atoms with E-state index in [9.17, 15) is 0 Å². The fourth-order valence-corrected chi connectivity index (χ4v) is 2.59. The predicted octanol–water partition coefficient (Wildman–Crippen LogP) is 4.68. The number of benzene rings is 1. The Hall–Kier alpha value is -1.59. The van der Waals surface area contributed by atoms with Crippen molar-refractivity contribution in [2.45, 2.75) is 13.3 Å². The molecule has 0 amide bonds. The third-order valence-electron chi connectivity index (χ3n) is 3.00. The molecule has 0 radical (unpaired) electrons. The smallest absolute Gasteiger partial charge is 0.178 e. The number of H-pyrrole nitrogens is 1. The van der Waals surface area contributed by atoms with Crippen LogP contribution < -0.4 is 5.32 Å². The standard InChI is InChI=1S/C14H12BrClN4/c1-2-8-5-9(16)7-10(6-8)17-14-13-11(19-20-14)3-4-12(15)18-13/h3-7H,2H2,1H3,(H2,17,19,20). The van der Waals surface area contributed by atoms with Crippen LogP contribution in [0.2, 0.25) is 5.02 Å². The maximum absolute atomic E-state index is 6.12. The summed E-state index contributed by atoms with van der Waals surface area (Å²) >= 11 is 9.49. The number of hydrogen-bond donors (Lipinski definition) is 2. The molecule has 1 aromatic carbocycles. The number of rotatable bonds is 3. The van der Waals surface area contributed by atoms with Crippen LogP contribution in [0.15, 0.2) is 34.9 Å². The van der Waals surface area contributed by atoms with E-state index in [0.717, 1.165) is 27.7 Å². The van der Waals surface area contributed by atoms with Crippen molar-refractivity contribution in [3.8, 4) is 0 Å². The number of aryl methyl sites for hydroxylation is 1. The quantitative estimate of drug-likeness (QED) is 0.674. The van der Waals surface area contributed by atoms with Gasteiger partial charge >= 0.3 is 0 Å². The van der Waals surface area contributed by atoms with Gasteiger partial charge in [-0.05, 0) is 58.2 Å². The first-order chi connectivity index (χ1) is 9.65. The maximum atomic E-state index is 6.12. The molecule has 0 aliphatic heterocycles. The molecule has 0 saturated carbocycles. The minimum absolute atomic E-state index is 0.686. The molecule has 0 aliphatic carbocycles. The first-order valence-corrected chi connectivity index (χ1v) is 7.40. The van der Waals surface area contributed by atoms with E-state index in [2.05, 4.69) is 49.4 Å². The van der Waals surface area contributed by atoms with Gasteiger partial charge in [-0.15, -0.1) is 0 Å². The van der Waals surface area contributed by atoms with Crippen LogP contribution in [-0.4, -0.2) is 15.2 Å². The summed E-state index contributed by atoms with van der Waals surface area (Å²) in [6.07, 6.45) is 0.931. The lowest BCUT2D eigenvalue weighted by atomic mass is 10.1. The Bertz CT molecular complexity index is 769. The molecule has 2 N–H and O–H groups in total. The highest BCUT2D eigenvalue weighted by Crippen LogP contribution is 2.26. The summed E-state index contributed by atoms with van der Waals surface area (Å²) in [5.74, 6) is 0.686. The van der Waals surface area contributed by atoms with Gasteiger partial charge in [0.2, 0.25) is 0 Å². The molecule has 20 heavy (non-hydrogen) atoms. The monoisotopic (exact) mass is 350 g/mol. The number of halogens is 2. The lowest BCUT2D eigenvalue weighted by Crippen LogP contribution is -1.93. The Labute approximate surface area is 129 Å². The first kappa shape index (κ1) is 13.4. The second kappa shape index (κ2) is 5.42. The lowest BCUT2D eigenvalue weighted by molar-refractivity contribution is 1.12. The van der Waals surface area contributed by atoms with Crippen LogP contribution in [0, 0.1) is 0 Å². The minimum atomic E-state index is 0.686. The van der Waals surface area contributed by atoms with E-state index in [1.54, 1.807) is 0 Å². The number of hydrogen-bond acceptors (Lipinski definition) is 3. The number of nitrogens with one attached hydrogen (secondary N) is 2. The fraction of sp³-hybridized carbons (Fsp3) is 0.143. The molecule has 0 aliphatic rings. The highest BCUT2D eigenvalue weighted by Gasteiger charge is 2.08. The van der Waals surface area contributed by atoms with Gasteiger partial charge in [0.05, 0.1) is 5.52 Å². The Kier molecular flexibility index (Phi) is 3.63. The van der Waals surface area contributed by atoms with Crippen LogP contribution in [-0.2, 0) is 6.42 Å². The molecule has 0 fully saturated rings. The molecule has 2 heterocycles. The van der Waals surface area contributed by atoms with Crippen LogP contribution in [0.25, 0.3) is 11.0 Å². The summed E-state index contributed by atoms with van der Waals surface area (Å²) in [5.41, 5.74) is 3.75. The van der Waals surface area contributed by atoms with Crippen LogP contribution in [0.5, 0.6) is 0 Å². The lowest BCUT2D eigenvalue weighted by Gasteiger charge is -2.06. The van der Waals surface area contributed by atoms with Gasteiger partial charge in [-0.2, -0.15) is 5.10 Å². The molecule has 4 nitrogen and oxygen atoms in total. The molecular weight excluding hydrogens is 340 g/mol. The zero-order chi connectivity index (χ0) is 14.1. The van der Waals surface area contributed by atoms with E-state index in [-0.39, 0.29) is 0 Å². The van der Waals surface area contributed by atoms with Crippen LogP contribution in [0.3, 0.4) is 0 Å². The van der Waals surface area contributed by atoms with Gasteiger partial charge in [-0.1, -0.05) is 18.5 Å². The third kappa shape index (κ3) is 2.64. The Morgan fingerprint density at radius 2 is 2.15 bits per heavy atom. The molecule has 0 spiro atoms. The summed E-state index contributed by atoms with van der Waals surface area (Å²) < 4.78 is 0.773. The van der Waals surface area contributed by atoms with Crippen LogP contribution in [0.1, 0.15) is 12.5 Å². The summed E-state index contributed by atoms with van der Waals surface area (Å²) in [4.78, 5) is 4.42. The fourth-order valence-electron chi connectivity index (χ4n) is 2.03. The van der Waals surface area contributed by atoms with Gasteiger partial charge in [0.25, 0.3) is 0 Å². The SMILES string of the molecule is CCc1cc(Cl)cc(Nc2n[nH]c3ccc(Br)nc23)c1. The van der Waals surface area contributed by atoms with Gasteiger partial charge in [0.15, 0.2) is 5.82 Å². The van der Waals surface area contributed by atoms with E-state index in [0.29, 0.717) is 10.8 Å². The van der Waals surface area contributed by atoms with Gasteiger partial charge < -0.3 is 5.32 Å². The van der Waals surface area contributed by atoms with E-state index < -0.39 is 0 Å². The van der Waals surface area contributed by atoms with E-state index in [4.69, 9.17) is 11.6 Å². The summed E-state index contributed by atoms with van der Waals surface area (Å²) in [5, 5.41) is 11.2. The third-order valence-corrected chi connectivity index (χ3v) is 3.66. The van der Waals surface area contributed by atoms with Crippen molar-refractivity contribution in [1.29, 1.82) is 0 Å². The van der Waals surface area contributed by atoms with Gasteiger partial charge in [0, 0.05) is 10.7 Å². The number of aromatic nitrogens is 3. The zero-order valence-corrected chi connectivity index (χ0v) is 13.1. The summed E-state index contributed by atoms with van der Waals surface area (Å²) in [7, 11) is 0. The highest BCUT2D eigenvalue weighted by atomic mass is 79.9. The maximum Gasteiger partial charge on any atom is 0.178 e. The molecule has 0 saturated heterocycles. The second-order valence-corrected chi connectivity index (χ2v) is 5.68. The molecular formula is C14H12BrClN4. The topological polar surface area (TPSA) is 53.6 Å². The van der Waals surface area contributed by atoms with Gasteiger partial charge in [-0.3, -0.25) is 5.10 Å². The summed E-state index contributed by atoms with van der Waals surface area (Å²) in [6, 6.07) is 9.70. The summed E-state index contributed by atoms with van der Waals surface area (Å²) in [6.45, 7) is 2.10. The Balaban J connectivity index is 2.00. The normalized spacial score (nSPS) is 10.9. The first-order valence-electron chi connectivity index (χ1n) is 6.23. The minimum Gasteiger partial charge on any atom is -0.337 e. The average molecular weight is 352 g/mol. The number of fused-ring (bicyclic) bond motifs is 1. The molecule has 3 rings (SSSR count). The average Bonchev–Trinajstić information content (AvgIpc) is 2.80. The van der Waals surface area contributed by atoms with Crippen molar-refractivity contribution in [3.05, 3.63) is 45.5 Å². The number of pyridine rings is 1. The van der Waals surface area contributed by atoms with Gasteiger partial charge in [-0.25, -0.2) is 4.98 Å². The van der Waals surface area contributed by atoms with Crippen molar-refractivity contribution in [3.63, 3.8) is 0 Å². The van der Waals surface area contributed by atoms with Crippen LogP contribution >= 0.6 is 27.5 Å². The Morgan fingerprint density at radius 1 is 1.30 bits per heavy atom. The predicted molar refractivity (Wildman–Crippen MR) is 85.7 cm³/mol. The van der Waals surface area contributed by atoms with Crippen molar-refractivity contribution in [2.75, 3.05) is 5.32 Å². The van der Waals surface area contributed by atoms with E-state index in [1.807, 2.05) is 24.3 Å². The van der Waals surface area contributed by atoms with Crippen molar-refractivity contribution >= 4 is 50.1 Å². The molecule has 102 valence electrons. The molecule has 0 bridgehead atoms. The Morgan fingerprint density at radius 3 is 2.95 bits per heavy atom. The number of nitrogens with zero attached hydrogens (tertiary/aromatic N) is 2. The van der Waals surface area contributed by atoms with Crippen molar-refractivity contribution < 1.29 is 0 Å². The molecule has 3 aromatic rings. The van der Waals surface area contributed by atoms with Gasteiger partial charge in [0.1, 0.15) is 10.1 Å². The zero-order valence-electron chi connectivity index (χ0n) is 10.7. The van der Waals surface area contributed by atoms with Crippen LogP contribution in [0.4, 0.5) is 11.5 Å².